The maximum absolute atomic E-state index is 12.5. The normalized spacial score (nSPS) is 11.7. The van der Waals surface area contributed by atoms with Crippen LogP contribution in [-0.2, 0) is 12.6 Å². The van der Waals surface area contributed by atoms with Crippen molar-refractivity contribution in [3.05, 3.63) is 40.4 Å². The van der Waals surface area contributed by atoms with Crippen molar-refractivity contribution < 1.29 is 18.0 Å². The lowest BCUT2D eigenvalue weighted by Crippen LogP contribution is -2.12. The lowest BCUT2D eigenvalue weighted by Gasteiger charge is -2.07. The average Bonchev–Trinajstić information content (AvgIpc) is 2.84. The molecule has 1 heterocycles. The Morgan fingerprint density at radius 1 is 1.23 bits per heavy atom. The first kappa shape index (κ1) is 16.4. The zero-order valence-corrected chi connectivity index (χ0v) is 12.8. The summed E-state index contributed by atoms with van der Waals surface area (Å²) in [6.45, 7) is 4.09. The number of halogens is 3. The Morgan fingerprint density at radius 3 is 2.41 bits per heavy atom. The van der Waals surface area contributed by atoms with Gasteiger partial charge in [0, 0.05) is 12.0 Å². The number of amides is 1. The minimum Gasteiger partial charge on any atom is -0.296 e. The van der Waals surface area contributed by atoms with Crippen molar-refractivity contribution in [2.24, 2.45) is 5.92 Å². The van der Waals surface area contributed by atoms with Crippen LogP contribution in [0, 0.1) is 5.92 Å². The fraction of sp³-hybridized carbons (Fsp3) is 0.357. The molecular weight excluding hydrogens is 315 g/mol. The van der Waals surface area contributed by atoms with E-state index in [4.69, 9.17) is 0 Å². The summed E-state index contributed by atoms with van der Waals surface area (Å²) in [5, 5.41) is 11.5. The third-order valence-electron chi connectivity index (χ3n) is 2.74. The topological polar surface area (TPSA) is 54.9 Å². The highest BCUT2D eigenvalue weighted by Gasteiger charge is 2.30. The van der Waals surface area contributed by atoms with Crippen molar-refractivity contribution in [3.8, 4) is 0 Å². The minimum absolute atomic E-state index is 0.133. The molecule has 1 amide bonds. The van der Waals surface area contributed by atoms with Crippen LogP contribution in [0.1, 0.15) is 34.8 Å². The second-order valence-electron chi connectivity index (χ2n) is 5.13. The molecule has 1 N–H and O–H groups in total. The highest BCUT2D eigenvalue weighted by molar-refractivity contribution is 7.15. The Labute approximate surface area is 129 Å². The van der Waals surface area contributed by atoms with E-state index in [1.807, 2.05) is 13.8 Å². The highest BCUT2D eigenvalue weighted by Crippen LogP contribution is 2.29. The van der Waals surface area contributed by atoms with Crippen molar-refractivity contribution in [2.45, 2.75) is 26.4 Å². The first-order chi connectivity index (χ1) is 10.3. The second kappa shape index (κ2) is 6.43. The van der Waals surface area contributed by atoms with Gasteiger partial charge in [0.05, 0.1) is 5.56 Å². The van der Waals surface area contributed by atoms with Gasteiger partial charge in [-0.25, -0.2) is 0 Å². The fourth-order valence-electron chi connectivity index (χ4n) is 1.72. The van der Waals surface area contributed by atoms with Gasteiger partial charge in [-0.1, -0.05) is 25.2 Å². The summed E-state index contributed by atoms with van der Waals surface area (Å²) < 4.78 is 37.4. The molecule has 0 fully saturated rings. The average molecular weight is 329 g/mol. The molecule has 22 heavy (non-hydrogen) atoms. The third-order valence-corrected chi connectivity index (χ3v) is 3.61. The molecule has 8 heteroatoms. The number of nitrogens with one attached hydrogen (secondary N) is 1. The number of hydrogen-bond donors (Lipinski definition) is 1. The zero-order chi connectivity index (χ0) is 16.3. The van der Waals surface area contributed by atoms with Gasteiger partial charge < -0.3 is 0 Å². The van der Waals surface area contributed by atoms with E-state index in [-0.39, 0.29) is 5.56 Å². The number of aromatic nitrogens is 2. The molecule has 0 bridgehead atoms. The Balaban J connectivity index is 2.04. The van der Waals surface area contributed by atoms with Crippen LogP contribution in [0.15, 0.2) is 24.3 Å². The van der Waals surface area contributed by atoms with Crippen molar-refractivity contribution in [1.29, 1.82) is 0 Å². The second-order valence-corrected chi connectivity index (χ2v) is 6.19. The third kappa shape index (κ3) is 4.27. The SMILES string of the molecule is CC(C)Cc1nnc(NC(=O)c2ccc(C(F)(F)F)cc2)s1. The fourth-order valence-corrected chi connectivity index (χ4v) is 2.66. The van der Waals surface area contributed by atoms with Crippen LogP contribution < -0.4 is 5.32 Å². The maximum Gasteiger partial charge on any atom is 0.416 e. The van der Waals surface area contributed by atoms with E-state index >= 15 is 0 Å². The van der Waals surface area contributed by atoms with E-state index in [1.165, 1.54) is 11.3 Å². The molecule has 1 aromatic carbocycles. The van der Waals surface area contributed by atoms with Crippen molar-refractivity contribution in [2.75, 3.05) is 5.32 Å². The van der Waals surface area contributed by atoms with E-state index in [2.05, 4.69) is 15.5 Å². The summed E-state index contributed by atoms with van der Waals surface area (Å²) in [4.78, 5) is 12.0. The molecule has 1 aromatic heterocycles. The van der Waals surface area contributed by atoms with Crippen LogP contribution in [0.4, 0.5) is 18.3 Å². The summed E-state index contributed by atoms with van der Waals surface area (Å²) in [5.41, 5.74) is -0.659. The van der Waals surface area contributed by atoms with Gasteiger partial charge in [-0.15, -0.1) is 10.2 Å². The Bertz CT molecular complexity index is 650. The molecule has 0 aliphatic carbocycles. The van der Waals surface area contributed by atoms with Crippen molar-refractivity contribution in [3.63, 3.8) is 0 Å². The summed E-state index contributed by atoms with van der Waals surface area (Å²) in [6, 6.07) is 4.01. The molecule has 2 aromatic rings. The molecule has 2 rings (SSSR count). The lowest BCUT2D eigenvalue weighted by atomic mass is 10.1. The first-order valence-corrected chi connectivity index (χ1v) is 7.38. The monoisotopic (exact) mass is 329 g/mol. The maximum atomic E-state index is 12.5. The number of nitrogens with zero attached hydrogens (tertiary/aromatic N) is 2. The Hall–Kier alpha value is -1.96. The smallest absolute Gasteiger partial charge is 0.296 e. The molecule has 4 nitrogen and oxygen atoms in total. The summed E-state index contributed by atoms with van der Waals surface area (Å²) >= 11 is 1.26. The number of anilines is 1. The van der Waals surface area contributed by atoms with Crippen molar-refractivity contribution in [1.82, 2.24) is 10.2 Å². The minimum atomic E-state index is -4.42. The summed E-state index contributed by atoms with van der Waals surface area (Å²) in [6.07, 6.45) is -3.66. The molecule has 0 aliphatic rings. The van der Waals surface area contributed by atoms with Crippen LogP contribution >= 0.6 is 11.3 Å². The van der Waals surface area contributed by atoms with Crippen LogP contribution in [0.2, 0.25) is 0 Å². The van der Waals surface area contributed by atoms with Crippen LogP contribution in [0.5, 0.6) is 0 Å². The molecule has 0 saturated carbocycles. The van der Waals surface area contributed by atoms with Gasteiger partial charge in [0.2, 0.25) is 5.13 Å². The van der Waals surface area contributed by atoms with E-state index in [0.717, 1.165) is 35.7 Å². The number of hydrogen-bond acceptors (Lipinski definition) is 4. The summed E-state index contributed by atoms with van der Waals surface area (Å²) in [5.74, 6) is -0.0904. The molecule has 0 unspecified atom stereocenters. The predicted molar refractivity (Wildman–Crippen MR) is 77.8 cm³/mol. The number of benzene rings is 1. The van der Waals surface area contributed by atoms with Gasteiger partial charge in [-0.3, -0.25) is 10.1 Å². The Kier molecular flexibility index (Phi) is 4.80. The molecule has 118 valence electrons. The van der Waals surface area contributed by atoms with Gasteiger partial charge >= 0.3 is 6.18 Å². The standard InChI is InChI=1S/C14H14F3N3OS/c1-8(2)7-11-19-20-13(22-11)18-12(21)9-3-5-10(6-4-9)14(15,16)17/h3-6,8H,7H2,1-2H3,(H,18,20,21). The zero-order valence-electron chi connectivity index (χ0n) is 11.9. The van der Waals surface area contributed by atoms with E-state index < -0.39 is 17.6 Å². The first-order valence-electron chi connectivity index (χ1n) is 6.56. The van der Waals surface area contributed by atoms with Crippen molar-refractivity contribution >= 4 is 22.4 Å². The number of alkyl halides is 3. The Morgan fingerprint density at radius 2 is 1.86 bits per heavy atom. The predicted octanol–water partition coefficient (Wildman–Crippen LogP) is 4.01. The molecule has 0 saturated heterocycles. The molecular formula is C14H14F3N3OS. The largest absolute Gasteiger partial charge is 0.416 e. The number of carbonyl (C=O) groups is 1. The van der Waals surface area contributed by atoms with Gasteiger partial charge in [-0.05, 0) is 30.2 Å². The van der Waals surface area contributed by atoms with Gasteiger partial charge in [-0.2, -0.15) is 13.2 Å². The molecule has 0 radical (unpaired) electrons. The van der Waals surface area contributed by atoms with Crippen LogP contribution in [0.25, 0.3) is 0 Å². The molecule has 0 aliphatic heterocycles. The lowest BCUT2D eigenvalue weighted by molar-refractivity contribution is -0.137. The molecule has 0 spiro atoms. The van der Waals surface area contributed by atoms with E-state index in [1.54, 1.807) is 0 Å². The quantitative estimate of drug-likeness (QED) is 0.922. The molecule has 0 atom stereocenters. The van der Waals surface area contributed by atoms with Gasteiger partial charge in [0.15, 0.2) is 0 Å². The van der Waals surface area contributed by atoms with Gasteiger partial charge in [0.25, 0.3) is 5.91 Å². The van der Waals surface area contributed by atoms with Gasteiger partial charge in [0.1, 0.15) is 5.01 Å². The van der Waals surface area contributed by atoms with Crippen LogP contribution in [-0.4, -0.2) is 16.1 Å². The van der Waals surface area contributed by atoms with E-state index in [0.29, 0.717) is 11.0 Å². The van der Waals surface area contributed by atoms with E-state index in [9.17, 15) is 18.0 Å². The summed E-state index contributed by atoms with van der Waals surface area (Å²) in [7, 11) is 0. The highest BCUT2D eigenvalue weighted by atomic mass is 32.1. The number of rotatable bonds is 4. The number of carbonyl (C=O) groups excluding carboxylic acids is 1. The van der Waals surface area contributed by atoms with Crippen LogP contribution in [0.3, 0.4) is 0 Å².